The number of carbonyl (C=O) groups is 1. The average molecular weight is 284 g/mol. The van der Waals surface area contributed by atoms with E-state index in [0.717, 1.165) is 19.5 Å². The van der Waals surface area contributed by atoms with Crippen LogP contribution in [0.3, 0.4) is 0 Å². The number of halogens is 1. The van der Waals surface area contributed by atoms with Crippen LogP contribution in [0.2, 0.25) is 5.02 Å². The molecule has 0 saturated carbocycles. The topological polar surface area (TPSA) is 76.4 Å². The minimum atomic E-state index is -0.189. The van der Waals surface area contributed by atoms with E-state index in [-0.39, 0.29) is 5.91 Å². The molecule has 1 aromatic rings. The third kappa shape index (κ3) is 3.30. The SMILES string of the molecule is COc1cc(N)c(Cl)cc1C(=O)NCC1CCNC1. The number of nitrogen functional groups attached to an aromatic ring is 1. The largest absolute Gasteiger partial charge is 0.496 e. The Morgan fingerprint density at radius 2 is 2.42 bits per heavy atom. The zero-order valence-corrected chi connectivity index (χ0v) is 11.6. The first-order valence-corrected chi connectivity index (χ1v) is 6.61. The molecule has 0 bridgehead atoms. The predicted molar refractivity (Wildman–Crippen MR) is 75.7 cm³/mol. The van der Waals surface area contributed by atoms with Gasteiger partial charge in [0.05, 0.1) is 23.4 Å². The standard InChI is InChI=1S/C13H18ClN3O2/c1-19-12-5-11(15)10(14)4-9(12)13(18)17-7-8-2-3-16-6-8/h4-5,8,16H,2-3,6-7,15H2,1H3,(H,17,18). The molecule has 6 heteroatoms. The molecular weight excluding hydrogens is 266 g/mol. The molecule has 1 unspecified atom stereocenters. The fourth-order valence-corrected chi connectivity index (χ4v) is 2.30. The first-order chi connectivity index (χ1) is 9.11. The number of hydrogen-bond acceptors (Lipinski definition) is 4. The lowest BCUT2D eigenvalue weighted by atomic mass is 10.1. The first kappa shape index (κ1) is 14.0. The molecule has 1 heterocycles. The van der Waals surface area contributed by atoms with Gasteiger partial charge in [-0.3, -0.25) is 4.79 Å². The van der Waals surface area contributed by atoms with Crippen LogP contribution >= 0.6 is 11.6 Å². The quantitative estimate of drug-likeness (QED) is 0.728. The Kier molecular flexibility index (Phi) is 4.50. The van der Waals surface area contributed by atoms with Crippen molar-refractivity contribution in [3.05, 3.63) is 22.7 Å². The van der Waals surface area contributed by atoms with Crippen LogP contribution in [0.1, 0.15) is 16.8 Å². The van der Waals surface area contributed by atoms with Gasteiger partial charge in [-0.2, -0.15) is 0 Å². The zero-order chi connectivity index (χ0) is 13.8. The van der Waals surface area contributed by atoms with Gasteiger partial charge in [-0.25, -0.2) is 0 Å². The number of methoxy groups -OCH3 is 1. The molecule has 1 amide bonds. The Morgan fingerprint density at radius 3 is 3.05 bits per heavy atom. The minimum absolute atomic E-state index is 0.189. The lowest BCUT2D eigenvalue weighted by molar-refractivity contribution is 0.0945. The molecule has 0 spiro atoms. The van der Waals surface area contributed by atoms with Crippen LogP contribution in [0.25, 0.3) is 0 Å². The Hall–Kier alpha value is -1.46. The highest BCUT2D eigenvalue weighted by Crippen LogP contribution is 2.28. The Bertz CT molecular complexity index is 473. The summed E-state index contributed by atoms with van der Waals surface area (Å²) in [5.41, 5.74) is 6.49. The van der Waals surface area contributed by atoms with Gasteiger partial charge in [-0.05, 0) is 31.5 Å². The van der Waals surface area contributed by atoms with Crippen molar-refractivity contribution in [3.8, 4) is 5.75 Å². The highest BCUT2D eigenvalue weighted by atomic mass is 35.5. The molecule has 1 aromatic carbocycles. The first-order valence-electron chi connectivity index (χ1n) is 6.23. The van der Waals surface area contributed by atoms with Crippen molar-refractivity contribution in [3.63, 3.8) is 0 Å². The summed E-state index contributed by atoms with van der Waals surface area (Å²) in [6, 6.07) is 3.10. The Balaban J connectivity index is 2.07. The second kappa shape index (κ2) is 6.12. The lowest BCUT2D eigenvalue weighted by Gasteiger charge is -2.13. The van der Waals surface area contributed by atoms with E-state index in [0.29, 0.717) is 34.5 Å². The second-order valence-corrected chi connectivity index (χ2v) is 5.05. The summed E-state index contributed by atoms with van der Waals surface area (Å²) >= 11 is 5.94. The number of ether oxygens (including phenoxy) is 1. The van der Waals surface area contributed by atoms with Crippen molar-refractivity contribution < 1.29 is 9.53 Å². The van der Waals surface area contributed by atoms with Gasteiger partial charge in [0.15, 0.2) is 0 Å². The van der Waals surface area contributed by atoms with E-state index in [1.54, 1.807) is 6.07 Å². The number of anilines is 1. The number of carbonyl (C=O) groups excluding carboxylic acids is 1. The maximum absolute atomic E-state index is 12.1. The van der Waals surface area contributed by atoms with Crippen molar-refractivity contribution >= 4 is 23.2 Å². The summed E-state index contributed by atoms with van der Waals surface area (Å²) in [4.78, 5) is 12.1. The molecule has 0 radical (unpaired) electrons. The van der Waals surface area contributed by atoms with E-state index in [2.05, 4.69) is 10.6 Å². The molecule has 5 nitrogen and oxygen atoms in total. The van der Waals surface area contributed by atoms with Crippen LogP contribution in [-0.4, -0.2) is 32.7 Å². The van der Waals surface area contributed by atoms with Gasteiger partial charge < -0.3 is 21.1 Å². The average Bonchev–Trinajstić information content (AvgIpc) is 2.91. The summed E-state index contributed by atoms with van der Waals surface area (Å²) in [5.74, 6) is 0.730. The predicted octanol–water partition coefficient (Wildman–Crippen LogP) is 1.27. The van der Waals surface area contributed by atoms with Crippen LogP contribution in [0.4, 0.5) is 5.69 Å². The lowest BCUT2D eigenvalue weighted by Crippen LogP contribution is -2.30. The van der Waals surface area contributed by atoms with Gasteiger partial charge in [0.25, 0.3) is 5.91 Å². The highest BCUT2D eigenvalue weighted by molar-refractivity contribution is 6.33. The van der Waals surface area contributed by atoms with Crippen molar-refractivity contribution in [2.45, 2.75) is 6.42 Å². The van der Waals surface area contributed by atoms with Crippen molar-refractivity contribution in [2.75, 3.05) is 32.5 Å². The van der Waals surface area contributed by atoms with E-state index in [1.807, 2.05) is 0 Å². The third-order valence-electron chi connectivity index (χ3n) is 3.28. The molecule has 1 fully saturated rings. The van der Waals surface area contributed by atoms with Gasteiger partial charge in [0.1, 0.15) is 5.75 Å². The molecule has 1 aliphatic rings. The molecule has 1 saturated heterocycles. The van der Waals surface area contributed by atoms with Gasteiger partial charge in [-0.15, -0.1) is 0 Å². The molecule has 0 aromatic heterocycles. The van der Waals surface area contributed by atoms with E-state index in [1.165, 1.54) is 13.2 Å². The summed E-state index contributed by atoms with van der Waals surface area (Å²) in [7, 11) is 1.50. The second-order valence-electron chi connectivity index (χ2n) is 4.64. The molecular formula is C13H18ClN3O2. The summed E-state index contributed by atoms with van der Waals surface area (Å²) < 4.78 is 5.16. The van der Waals surface area contributed by atoms with E-state index < -0.39 is 0 Å². The van der Waals surface area contributed by atoms with Gasteiger partial charge in [0, 0.05) is 12.6 Å². The fraction of sp³-hybridized carbons (Fsp3) is 0.462. The smallest absolute Gasteiger partial charge is 0.255 e. The van der Waals surface area contributed by atoms with Crippen LogP contribution in [0, 0.1) is 5.92 Å². The number of rotatable bonds is 4. The minimum Gasteiger partial charge on any atom is -0.496 e. The number of nitrogens with two attached hydrogens (primary N) is 1. The monoisotopic (exact) mass is 283 g/mol. The normalized spacial score (nSPS) is 18.3. The molecule has 19 heavy (non-hydrogen) atoms. The van der Waals surface area contributed by atoms with Gasteiger partial charge in [-0.1, -0.05) is 11.6 Å². The number of amides is 1. The van der Waals surface area contributed by atoms with Crippen molar-refractivity contribution in [1.29, 1.82) is 0 Å². The summed E-state index contributed by atoms with van der Waals surface area (Å²) in [5, 5.41) is 6.52. The zero-order valence-electron chi connectivity index (χ0n) is 10.8. The third-order valence-corrected chi connectivity index (χ3v) is 3.60. The summed E-state index contributed by atoms with van der Waals surface area (Å²) in [6.07, 6.45) is 1.08. The fourth-order valence-electron chi connectivity index (χ4n) is 2.14. The van der Waals surface area contributed by atoms with Crippen LogP contribution < -0.4 is 21.1 Å². The van der Waals surface area contributed by atoms with Gasteiger partial charge >= 0.3 is 0 Å². The molecule has 104 valence electrons. The number of benzene rings is 1. The van der Waals surface area contributed by atoms with Crippen LogP contribution in [0.15, 0.2) is 12.1 Å². The van der Waals surface area contributed by atoms with Crippen LogP contribution in [-0.2, 0) is 0 Å². The number of nitrogens with one attached hydrogen (secondary N) is 2. The van der Waals surface area contributed by atoms with Crippen molar-refractivity contribution in [2.24, 2.45) is 5.92 Å². The maximum atomic E-state index is 12.1. The van der Waals surface area contributed by atoms with E-state index in [4.69, 9.17) is 22.1 Å². The Morgan fingerprint density at radius 1 is 1.63 bits per heavy atom. The van der Waals surface area contributed by atoms with Gasteiger partial charge in [0.2, 0.25) is 0 Å². The molecule has 0 aliphatic carbocycles. The summed E-state index contributed by atoms with van der Waals surface area (Å²) in [6.45, 7) is 2.61. The Labute approximate surface area is 117 Å². The maximum Gasteiger partial charge on any atom is 0.255 e. The molecule has 4 N–H and O–H groups in total. The van der Waals surface area contributed by atoms with Crippen LogP contribution in [0.5, 0.6) is 5.75 Å². The van der Waals surface area contributed by atoms with E-state index >= 15 is 0 Å². The molecule has 1 atom stereocenters. The molecule has 1 aliphatic heterocycles. The van der Waals surface area contributed by atoms with Crippen molar-refractivity contribution in [1.82, 2.24) is 10.6 Å². The number of hydrogen-bond donors (Lipinski definition) is 3. The van der Waals surface area contributed by atoms with E-state index in [9.17, 15) is 4.79 Å². The highest BCUT2D eigenvalue weighted by Gasteiger charge is 2.18. The molecule has 2 rings (SSSR count).